The number of nitrogens with one attached hydrogen (secondary N) is 1. The maximum atomic E-state index is 13.5. The Morgan fingerprint density at radius 2 is 2.02 bits per heavy atom. The van der Waals surface area contributed by atoms with Crippen LogP contribution in [0.2, 0.25) is 5.02 Å². The molecule has 1 fully saturated rings. The fraction of sp³-hybridized carbons (Fsp3) is 0.559. The SMILES string of the molecule is COCC[C@@H]1C[C@@H](C)/C=C/C(O)C2CCC2CN2C[C@@]3(CCCc4cc(Cl)ccc43)COc3ccc(cc32)C(=O)NS1(=O)=O. The van der Waals surface area contributed by atoms with Crippen LogP contribution in [0.4, 0.5) is 5.69 Å². The van der Waals surface area contributed by atoms with Crippen molar-refractivity contribution in [1.82, 2.24) is 4.72 Å². The molecule has 10 heteroatoms. The highest BCUT2D eigenvalue weighted by Crippen LogP contribution is 2.46. The zero-order chi connectivity index (χ0) is 31.1. The minimum absolute atomic E-state index is 0.104. The maximum Gasteiger partial charge on any atom is 0.264 e. The van der Waals surface area contributed by atoms with Crippen molar-refractivity contribution >= 4 is 33.2 Å². The van der Waals surface area contributed by atoms with Gasteiger partial charge in [-0.2, -0.15) is 0 Å². The van der Waals surface area contributed by atoms with E-state index in [0.717, 1.165) is 42.8 Å². The molecule has 8 nitrogen and oxygen atoms in total. The third kappa shape index (κ3) is 6.26. The van der Waals surface area contributed by atoms with Crippen molar-refractivity contribution in [2.24, 2.45) is 17.8 Å². The van der Waals surface area contributed by atoms with Gasteiger partial charge in [0, 0.05) is 42.8 Å². The summed E-state index contributed by atoms with van der Waals surface area (Å²) in [5.41, 5.74) is 3.27. The van der Waals surface area contributed by atoms with Gasteiger partial charge in [-0.15, -0.1) is 0 Å². The number of hydrogen-bond acceptors (Lipinski definition) is 7. The van der Waals surface area contributed by atoms with E-state index < -0.39 is 27.3 Å². The number of amides is 1. The van der Waals surface area contributed by atoms with Crippen molar-refractivity contribution < 1.29 is 27.8 Å². The highest BCUT2D eigenvalue weighted by Gasteiger charge is 2.44. The summed E-state index contributed by atoms with van der Waals surface area (Å²) < 4.78 is 41.1. The Bertz CT molecular complexity index is 1530. The van der Waals surface area contributed by atoms with E-state index in [1.54, 1.807) is 18.2 Å². The number of aliphatic hydroxyl groups excluding tert-OH is 1. The van der Waals surface area contributed by atoms with Crippen LogP contribution in [-0.2, 0) is 26.6 Å². The molecule has 6 rings (SSSR count). The molecule has 2 aliphatic heterocycles. The third-order valence-electron chi connectivity index (χ3n) is 10.3. The lowest BCUT2D eigenvalue weighted by atomic mass is 9.68. The second-order valence-corrected chi connectivity index (χ2v) is 15.7. The summed E-state index contributed by atoms with van der Waals surface area (Å²) in [6, 6.07) is 11.4. The lowest BCUT2D eigenvalue weighted by Crippen LogP contribution is -2.49. The molecule has 0 radical (unpaired) electrons. The molecule has 2 bridgehead atoms. The number of rotatable bonds is 3. The summed E-state index contributed by atoms with van der Waals surface area (Å²) in [5, 5.41) is 11.2. The minimum Gasteiger partial charge on any atom is -0.490 e. The van der Waals surface area contributed by atoms with E-state index in [4.69, 9.17) is 21.1 Å². The summed E-state index contributed by atoms with van der Waals surface area (Å²) in [4.78, 5) is 15.8. The van der Waals surface area contributed by atoms with Crippen LogP contribution in [0, 0.1) is 17.8 Å². The molecule has 2 aliphatic carbocycles. The second kappa shape index (κ2) is 12.7. The number of carbonyl (C=O) groups excluding carboxylic acids is 1. The normalized spacial score (nSPS) is 32.3. The molecule has 2 heterocycles. The van der Waals surface area contributed by atoms with Gasteiger partial charge >= 0.3 is 0 Å². The number of aliphatic hydroxyl groups is 1. The molecular weight excluding hydrogens is 600 g/mol. The standard InChI is InChI=1S/C34H43ClN2O6S/c1-22-5-11-31(38)28-9-6-25(28)19-37-20-34(14-3-4-23-17-26(35)8-10-29(23)34)21-43-32-12-7-24(18-30(32)37)33(39)36-44(40,41)27(16-22)13-15-42-2/h5,7-8,10-12,17-18,22,25,27-28,31,38H,3-4,6,9,13-16,19-21H2,1-2H3,(H,36,39)/b11-5+/t22-,25?,27+,28?,31?,34-/m0/s1. The molecule has 1 amide bonds. The summed E-state index contributed by atoms with van der Waals surface area (Å²) in [5.74, 6) is 0.275. The predicted octanol–water partition coefficient (Wildman–Crippen LogP) is 5.26. The van der Waals surface area contributed by atoms with Gasteiger partial charge < -0.3 is 19.5 Å². The Morgan fingerprint density at radius 3 is 2.80 bits per heavy atom. The quantitative estimate of drug-likeness (QED) is 0.440. The molecule has 3 unspecified atom stereocenters. The number of aryl methyl sites for hydroxylation is 1. The topological polar surface area (TPSA) is 105 Å². The number of ether oxygens (including phenoxy) is 2. The molecule has 1 saturated carbocycles. The van der Waals surface area contributed by atoms with Crippen molar-refractivity contribution in [2.45, 2.75) is 68.6 Å². The van der Waals surface area contributed by atoms with Gasteiger partial charge in [-0.3, -0.25) is 4.79 Å². The van der Waals surface area contributed by atoms with Crippen molar-refractivity contribution in [3.8, 4) is 5.75 Å². The van der Waals surface area contributed by atoms with Crippen LogP contribution in [-0.4, -0.2) is 64.2 Å². The largest absolute Gasteiger partial charge is 0.490 e. The minimum atomic E-state index is -4.01. The number of anilines is 1. The lowest BCUT2D eigenvalue weighted by Gasteiger charge is -2.45. The number of halogens is 1. The Hall–Kier alpha value is -2.59. The Kier molecular flexibility index (Phi) is 9.03. The van der Waals surface area contributed by atoms with Crippen molar-refractivity contribution in [3.63, 3.8) is 0 Å². The van der Waals surface area contributed by atoms with Gasteiger partial charge in [0.05, 0.1) is 23.6 Å². The van der Waals surface area contributed by atoms with E-state index in [1.807, 2.05) is 25.1 Å². The fourth-order valence-corrected chi connectivity index (χ4v) is 9.37. The molecule has 0 saturated heterocycles. The van der Waals surface area contributed by atoms with Crippen LogP contribution in [0.3, 0.4) is 0 Å². The fourth-order valence-electron chi connectivity index (χ4n) is 7.67. The van der Waals surface area contributed by atoms with Gasteiger partial charge in [0.25, 0.3) is 5.91 Å². The van der Waals surface area contributed by atoms with E-state index in [2.05, 4.69) is 21.8 Å². The van der Waals surface area contributed by atoms with Crippen LogP contribution in [0.15, 0.2) is 48.6 Å². The molecular formula is C34H43ClN2O6S. The van der Waals surface area contributed by atoms with E-state index in [-0.39, 0.29) is 41.8 Å². The van der Waals surface area contributed by atoms with Gasteiger partial charge in [-0.1, -0.05) is 36.7 Å². The molecule has 2 N–H and O–H groups in total. The van der Waals surface area contributed by atoms with E-state index in [1.165, 1.54) is 18.2 Å². The van der Waals surface area contributed by atoms with Gasteiger partial charge in [0.1, 0.15) is 5.75 Å². The highest BCUT2D eigenvalue weighted by molar-refractivity contribution is 7.90. The number of fused-ring (bicyclic) bond motifs is 4. The third-order valence-corrected chi connectivity index (χ3v) is 12.3. The van der Waals surface area contributed by atoms with Crippen LogP contribution in [0.1, 0.15) is 66.9 Å². The Labute approximate surface area is 265 Å². The first kappa shape index (κ1) is 31.4. The smallest absolute Gasteiger partial charge is 0.264 e. The Balaban J connectivity index is 1.41. The first-order valence-corrected chi connectivity index (χ1v) is 17.7. The summed E-state index contributed by atoms with van der Waals surface area (Å²) in [6.45, 7) is 4.07. The number of methoxy groups -OCH3 is 1. The molecule has 6 atom stereocenters. The zero-order valence-electron chi connectivity index (χ0n) is 25.5. The molecule has 44 heavy (non-hydrogen) atoms. The first-order chi connectivity index (χ1) is 21.1. The number of benzene rings is 2. The highest BCUT2D eigenvalue weighted by atomic mass is 35.5. The average Bonchev–Trinajstić information content (AvgIpc) is 3.12. The molecule has 0 aromatic heterocycles. The molecule has 2 aromatic carbocycles. The Morgan fingerprint density at radius 1 is 1.18 bits per heavy atom. The number of sulfonamides is 1. The second-order valence-electron chi connectivity index (χ2n) is 13.3. The van der Waals surface area contributed by atoms with Gasteiger partial charge in [-0.05, 0) is 104 Å². The lowest BCUT2D eigenvalue weighted by molar-refractivity contribution is 0.0454. The van der Waals surface area contributed by atoms with Gasteiger partial charge in [-0.25, -0.2) is 13.1 Å². The molecule has 238 valence electrons. The zero-order valence-corrected chi connectivity index (χ0v) is 27.1. The number of nitrogens with zero attached hydrogens (tertiary/aromatic N) is 1. The number of hydrogen-bond donors (Lipinski definition) is 2. The van der Waals surface area contributed by atoms with Crippen LogP contribution >= 0.6 is 11.6 Å². The van der Waals surface area contributed by atoms with E-state index in [0.29, 0.717) is 31.9 Å². The average molecular weight is 643 g/mol. The van der Waals surface area contributed by atoms with Crippen LogP contribution < -0.4 is 14.4 Å². The van der Waals surface area contributed by atoms with E-state index in [9.17, 15) is 18.3 Å². The molecule has 1 spiro atoms. The first-order valence-electron chi connectivity index (χ1n) is 15.8. The van der Waals surface area contributed by atoms with Crippen LogP contribution in [0.25, 0.3) is 0 Å². The molecule has 4 aliphatic rings. The molecule has 2 aromatic rings. The maximum absolute atomic E-state index is 13.5. The summed E-state index contributed by atoms with van der Waals surface area (Å²) in [6.07, 6.45) is 8.59. The van der Waals surface area contributed by atoms with Gasteiger partial charge in [0.15, 0.2) is 0 Å². The monoisotopic (exact) mass is 642 g/mol. The van der Waals surface area contributed by atoms with Crippen molar-refractivity contribution in [1.29, 1.82) is 0 Å². The summed E-state index contributed by atoms with van der Waals surface area (Å²) >= 11 is 6.40. The van der Waals surface area contributed by atoms with Crippen LogP contribution in [0.5, 0.6) is 5.75 Å². The number of allylic oxidation sites excluding steroid dienone is 1. The number of carbonyl (C=O) groups is 1. The van der Waals surface area contributed by atoms with E-state index >= 15 is 0 Å². The predicted molar refractivity (Wildman–Crippen MR) is 172 cm³/mol. The van der Waals surface area contributed by atoms with Crippen molar-refractivity contribution in [3.05, 3.63) is 70.3 Å². The van der Waals surface area contributed by atoms with Gasteiger partial charge in [0.2, 0.25) is 10.0 Å². The summed E-state index contributed by atoms with van der Waals surface area (Å²) in [7, 11) is -2.48. The van der Waals surface area contributed by atoms with Crippen molar-refractivity contribution in [2.75, 3.05) is 38.3 Å².